The molecule has 156 valence electrons. The van der Waals surface area contributed by atoms with Crippen LogP contribution < -0.4 is 9.46 Å². The van der Waals surface area contributed by atoms with Crippen molar-refractivity contribution in [3.63, 3.8) is 0 Å². The maximum atomic E-state index is 12.7. The Morgan fingerprint density at radius 2 is 1.97 bits per heavy atom. The van der Waals surface area contributed by atoms with Crippen molar-refractivity contribution in [2.24, 2.45) is 0 Å². The van der Waals surface area contributed by atoms with Gasteiger partial charge in [-0.3, -0.25) is 4.79 Å². The first-order valence-corrected chi connectivity index (χ1v) is 10.5. The second-order valence-corrected chi connectivity index (χ2v) is 8.12. The minimum atomic E-state index is -3.71. The van der Waals surface area contributed by atoms with Crippen LogP contribution in [0.25, 0.3) is 6.08 Å². The van der Waals surface area contributed by atoms with Gasteiger partial charge in [-0.25, -0.2) is 13.1 Å². The molecule has 2 aromatic rings. The Morgan fingerprint density at radius 3 is 2.53 bits per heavy atom. The Hall–Kier alpha value is -3.41. The van der Waals surface area contributed by atoms with Gasteiger partial charge in [0, 0.05) is 19.2 Å². The number of rotatable bonds is 9. The van der Waals surface area contributed by atoms with Crippen molar-refractivity contribution in [2.75, 3.05) is 20.7 Å². The van der Waals surface area contributed by atoms with Crippen molar-refractivity contribution in [1.82, 2.24) is 9.62 Å². The van der Waals surface area contributed by atoms with Crippen LogP contribution in [0.4, 0.5) is 0 Å². The molecule has 0 saturated carbocycles. The van der Waals surface area contributed by atoms with Crippen molar-refractivity contribution >= 4 is 22.0 Å². The second kappa shape index (κ2) is 10.4. The lowest BCUT2D eigenvalue weighted by molar-refractivity contribution is -0.126. The molecule has 0 radical (unpaired) electrons. The fraction of sp³-hybridized carbons (Fsp3) is 0.182. The Morgan fingerprint density at radius 1 is 1.27 bits per heavy atom. The highest BCUT2D eigenvalue weighted by atomic mass is 32.2. The normalized spacial score (nSPS) is 11.1. The summed E-state index contributed by atoms with van der Waals surface area (Å²) in [4.78, 5) is 14.3. The van der Waals surface area contributed by atoms with Gasteiger partial charge >= 0.3 is 0 Å². The molecule has 0 bridgehead atoms. The standard InChI is InChI=1S/C22H23N3O4S/c1-4-13-25(16-19-7-5-18(15-23)6-8-19)22(26)12-10-17-9-11-20(29-3)21(14-17)30(27,28)24-2/h4-12,14,24H,1,13,16H2,2-3H3/b12-10+. The maximum absolute atomic E-state index is 12.7. The minimum Gasteiger partial charge on any atom is -0.495 e. The Labute approximate surface area is 176 Å². The molecule has 0 atom stereocenters. The van der Waals surface area contributed by atoms with Crippen molar-refractivity contribution in [2.45, 2.75) is 11.4 Å². The van der Waals surface area contributed by atoms with E-state index in [0.29, 0.717) is 24.2 Å². The summed E-state index contributed by atoms with van der Waals surface area (Å²) >= 11 is 0. The summed E-state index contributed by atoms with van der Waals surface area (Å²) in [6.45, 7) is 4.38. The summed E-state index contributed by atoms with van der Waals surface area (Å²) in [6.07, 6.45) is 4.55. The van der Waals surface area contributed by atoms with E-state index in [0.717, 1.165) is 5.56 Å². The van der Waals surface area contributed by atoms with E-state index in [1.54, 1.807) is 47.4 Å². The summed E-state index contributed by atoms with van der Waals surface area (Å²) < 4.78 is 31.8. The molecule has 8 heteroatoms. The van der Waals surface area contributed by atoms with Crippen LogP contribution in [0.5, 0.6) is 5.75 Å². The van der Waals surface area contributed by atoms with Gasteiger partial charge in [0.25, 0.3) is 0 Å². The number of carbonyl (C=O) groups excluding carboxylic acids is 1. The van der Waals surface area contributed by atoms with Crippen LogP contribution in [0.3, 0.4) is 0 Å². The molecule has 0 aromatic heterocycles. The van der Waals surface area contributed by atoms with Crippen molar-refractivity contribution < 1.29 is 17.9 Å². The highest BCUT2D eigenvalue weighted by Crippen LogP contribution is 2.25. The molecule has 0 saturated heterocycles. The zero-order chi connectivity index (χ0) is 22.1. The first-order chi connectivity index (χ1) is 14.3. The predicted molar refractivity (Wildman–Crippen MR) is 115 cm³/mol. The number of nitriles is 1. The number of methoxy groups -OCH3 is 1. The van der Waals surface area contributed by atoms with Gasteiger partial charge in [-0.05, 0) is 48.5 Å². The number of benzene rings is 2. The summed E-state index contributed by atoms with van der Waals surface area (Å²) in [7, 11) is -1.01. The molecule has 0 heterocycles. The lowest BCUT2D eigenvalue weighted by Crippen LogP contribution is -2.29. The molecule has 0 aliphatic carbocycles. The number of hydrogen-bond donors (Lipinski definition) is 1. The smallest absolute Gasteiger partial charge is 0.247 e. The average molecular weight is 426 g/mol. The minimum absolute atomic E-state index is 0.0115. The summed E-state index contributed by atoms with van der Waals surface area (Å²) in [5.74, 6) is -0.0463. The van der Waals surface area contributed by atoms with Gasteiger partial charge in [-0.15, -0.1) is 6.58 Å². The second-order valence-electron chi connectivity index (χ2n) is 6.27. The Balaban J connectivity index is 2.23. The van der Waals surface area contributed by atoms with Gasteiger partial charge in [0.05, 0.1) is 18.7 Å². The lowest BCUT2D eigenvalue weighted by Gasteiger charge is -2.19. The highest BCUT2D eigenvalue weighted by Gasteiger charge is 2.18. The fourth-order valence-electron chi connectivity index (χ4n) is 2.68. The van der Waals surface area contributed by atoms with Gasteiger partial charge in [0.15, 0.2) is 0 Å². The van der Waals surface area contributed by atoms with Gasteiger partial charge in [-0.2, -0.15) is 5.26 Å². The van der Waals surface area contributed by atoms with Crippen LogP contribution in [-0.2, 0) is 21.4 Å². The zero-order valence-corrected chi connectivity index (χ0v) is 17.6. The molecule has 0 fully saturated rings. The number of hydrogen-bond acceptors (Lipinski definition) is 5. The third-order valence-electron chi connectivity index (χ3n) is 4.28. The number of nitrogens with zero attached hydrogens (tertiary/aromatic N) is 2. The first-order valence-electron chi connectivity index (χ1n) is 9.03. The molecular weight excluding hydrogens is 402 g/mol. The summed E-state index contributed by atoms with van der Waals surface area (Å²) in [5.41, 5.74) is 1.96. The van der Waals surface area contributed by atoms with E-state index in [4.69, 9.17) is 10.00 Å². The van der Waals surface area contributed by atoms with E-state index in [1.807, 2.05) is 0 Å². The van der Waals surface area contributed by atoms with Crippen LogP contribution in [0, 0.1) is 11.3 Å². The van der Waals surface area contributed by atoms with Crippen LogP contribution in [0.15, 0.2) is 66.1 Å². The van der Waals surface area contributed by atoms with E-state index in [1.165, 1.54) is 32.4 Å². The largest absolute Gasteiger partial charge is 0.495 e. The van der Waals surface area contributed by atoms with E-state index >= 15 is 0 Å². The predicted octanol–water partition coefficient (Wildman–Crippen LogP) is 2.70. The molecule has 0 aliphatic heterocycles. The molecule has 0 spiro atoms. The molecule has 30 heavy (non-hydrogen) atoms. The molecule has 7 nitrogen and oxygen atoms in total. The third-order valence-corrected chi connectivity index (χ3v) is 5.72. The number of sulfonamides is 1. The molecule has 2 rings (SSSR count). The number of nitrogens with one attached hydrogen (secondary N) is 1. The van der Waals surface area contributed by atoms with E-state index in [-0.39, 0.29) is 16.6 Å². The van der Waals surface area contributed by atoms with Crippen LogP contribution >= 0.6 is 0 Å². The lowest BCUT2D eigenvalue weighted by atomic mass is 10.1. The topological polar surface area (TPSA) is 99.5 Å². The van der Waals surface area contributed by atoms with E-state index in [9.17, 15) is 13.2 Å². The Bertz CT molecular complexity index is 1080. The average Bonchev–Trinajstić information content (AvgIpc) is 2.77. The van der Waals surface area contributed by atoms with E-state index in [2.05, 4.69) is 17.4 Å². The van der Waals surface area contributed by atoms with Crippen molar-refractivity contribution in [3.05, 3.63) is 77.9 Å². The van der Waals surface area contributed by atoms with Gasteiger partial charge in [0.1, 0.15) is 10.6 Å². The van der Waals surface area contributed by atoms with Crippen LogP contribution in [-0.4, -0.2) is 39.9 Å². The Kier molecular flexibility index (Phi) is 7.92. The molecular formula is C22H23N3O4S. The fourth-order valence-corrected chi connectivity index (χ4v) is 3.61. The summed E-state index contributed by atoms with van der Waals surface area (Å²) in [6, 6.07) is 13.7. The third kappa shape index (κ3) is 5.80. The monoisotopic (exact) mass is 425 g/mol. The van der Waals surface area contributed by atoms with Gasteiger partial charge in [-0.1, -0.05) is 24.3 Å². The molecule has 2 aromatic carbocycles. The molecule has 1 amide bonds. The van der Waals surface area contributed by atoms with Crippen LogP contribution in [0.2, 0.25) is 0 Å². The number of carbonyl (C=O) groups is 1. The van der Waals surface area contributed by atoms with Crippen molar-refractivity contribution in [3.8, 4) is 11.8 Å². The molecule has 0 unspecified atom stereocenters. The summed E-state index contributed by atoms with van der Waals surface area (Å²) in [5, 5.41) is 8.89. The van der Waals surface area contributed by atoms with Gasteiger partial charge in [0.2, 0.25) is 15.9 Å². The highest BCUT2D eigenvalue weighted by molar-refractivity contribution is 7.89. The van der Waals surface area contributed by atoms with Gasteiger partial charge < -0.3 is 9.64 Å². The first kappa shape index (κ1) is 22.9. The van der Waals surface area contributed by atoms with Crippen LogP contribution in [0.1, 0.15) is 16.7 Å². The number of amides is 1. The van der Waals surface area contributed by atoms with E-state index < -0.39 is 10.0 Å². The van der Waals surface area contributed by atoms with Crippen molar-refractivity contribution in [1.29, 1.82) is 5.26 Å². The SMILES string of the molecule is C=CCN(Cc1ccc(C#N)cc1)C(=O)/C=C/c1ccc(OC)c(S(=O)(=O)NC)c1. The number of ether oxygens (including phenoxy) is 1. The maximum Gasteiger partial charge on any atom is 0.247 e. The molecule has 1 N–H and O–H groups in total. The molecule has 0 aliphatic rings. The quantitative estimate of drug-likeness (QED) is 0.492. The zero-order valence-electron chi connectivity index (χ0n) is 16.8.